The number of hydrogen-bond acceptors (Lipinski definition) is 4. The highest BCUT2D eigenvalue weighted by atomic mass is 35.5. The minimum Gasteiger partial charge on any atom is -0.310 e. The fourth-order valence-corrected chi connectivity index (χ4v) is 3.23. The molecule has 4 rings (SSSR count). The lowest BCUT2D eigenvalue weighted by atomic mass is 10.0. The number of anilines is 2. The van der Waals surface area contributed by atoms with Gasteiger partial charge in [-0.1, -0.05) is 29.8 Å². The standard InChI is InChI=1S/C15H15ClN4/c16-14-11-8-17-9-12(11)18-15(19-14)20-7-3-5-10-4-1-2-6-13(10)20/h1-2,4,6,17H,3,5,7-9H2. The highest BCUT2D eigenvalue weighted by Gasteiger charge is 2.24. The maximum atomic E-state index is 6.30. The van der Waals surface area contributed by atoms with Crippen LogP contribution in [0, 0.1) is 0 Å². The van der Waals surface area contributed by atoms with Gasteiger partial charge in [0.2, 0.25) is 5.95 Å². The van der Waals surface area contributed by atoms with E-state index < -0.39 is 0 Å². The molecule has 2 aliphatic heterocycles. The molecule has 0 bridgehead atoms. The van der Waals surface area contributed by atoms with Crippen molar-refractivity contribution in [2.45, 2.75) is 25.9 Å². The van der Waals surface area contributed by atoms with E-state index in [1.807, 2.05) is 0 Å². The second kappa shape index (κ2) is 4.72. The molecule has 0 amide bonds. The Hall–Kier alpha value is -1.65. The minimum absolute atomic E-state index is 0.582. The predicted molar refractivity (Wildman–Crippen MR) is 79.4 cm³/mol. The average Bonchev–Trinajstić information content (AvgIpc) is 2.95. The molecular formula is C15H15ClN4. The summed E-state index contributed by atoms with van der Waals surface area (Å²) in [6, 6.07) is 8.46. The molecule has 1 aromatic heterocycles. The molecule has 1 N–H and O–H groups in total. The minimum atomic E-state index is 0.582. The zero-order chi connectivity index (χ0) is 13.5. The quantitative estimate of drug-likeness (QED) is 0.819. The number of aryl methyl sites for hydroxylation is 1. The third kappa shape index (κ3) is 1.87. The first-order valence-corrected chi connectivity index (χ1v) is 7.32. The maximum absolute atomic E-state index is 6.30. The van der Waals surface area contributed by atoms with Gasteiger partial charge in [-0.15, -0.1) is 0 Å². The summed E-state index contributed by atoms with van der Waals surface area (Å²) in [6.07, 6.45) is 2.24. The highest BCUT2D eigenvalue weighted by Crippen LogP contribution is 2.33. The molecule has 0 unspecified atom stereocenters. The Morgan fingerprint density at radius 2 is 2.05 bits per heavy atom. The molecular weight excluding hydrogens is 272 g/mol. The van der Waals surface area contributed by atoms with Gasteiger partial charge in [0.25, 0.3) is 0 Å². The summed E-state index contributed by atoms with van der Waals surface area (Å²) in [5, 5.41) is 3.85. The molecule has 20 heavy (non-hydrogen) atoms. The second-order valence-corrected chi connectivity index (χ2v) is 5.59. The normalized spacial score (nSPS) is 16.9. The Labute approximate surface area is 122 Å². The number of nitrogens with one attached hydrogen (secondary N) is 1. The molecule has 0 saturated carbocycles. The molecule has 1 aromatic carbocycles. The van der Waals surface area contributed by atoms with Crippen molar-refractivity contribution in [2.24, 2.45) is 0 Å². The number of rotatable bonds is 1. The zero-order valence-electron chi connectivity index (χ0n) is 11.1. The third-order valence-corrected chi connectivity index (χ3v) is 4.29. The van der Waals surface area contributed by atoms with Gasteiger partial charge in [-0.2, -0.15) is 0 Å². The number of benzene rings is 1. The number of hydrogen-bond donors (Lipinski definition) is 1. The van der Waals surface area contributed by atoms with Crippen LogP contribution in [0.3, 0.4) is 0 Å². The summed E-state index contributed by atoms with van der Waals surface area (Å²) < 4.78 is 0. The SMILES string of the molecule is Clc1nc(N2CCCc3ccccc32)nc2c1CNC2. The fourth-order valence-electron chi connectivity index (χ4n) is 2.98. The van der Waals surface area contributed by atoms with Gasteiger partial charge in [-0.25, -0.2) is 9.97 Å². The van der Waals surface area contributed by atoms with Crippen LogP contribution in [-0.2, 0) is 19.5 Å². The predicted octanol–water partition coefficient (Wildman–Crippen LogP) is 2.82. The van der Waals surface area contributed by atoms with Gasteiger partial charge in [0.1, 0.15) is 5.15 Å². The third-order valence-electron chi connectivity index (χ3n) is 3.98. The van der Waals surface area contributed by atoms with E-state index in [0.29, 0.717) is 5.15 Å². The van der Waals surface area contributed by atoms with Crippen molar-refractivity contribution in [1.82, 2.24) is 15.3 Å². The first-order chi connectivity index (χ1) is 9.83. The number of nitrogens with zero attached hydrogens (tertiary/aromatic N) is 3. The van der Waals surface area contributed by atoms with E-state index in [-0.39, 0.29) is 0 Å². The van der Waals surface area contributed by atoms with Crippen molar-refractivity contribution in [3.63, 3.8) is 0 Å². The van der Waals surface area contributed by atoms with Crippen LogP contribution in [0.2, 0.25) is 5.15 Å². The van der Waals surface area contributed by atoms with Crippen molar-refractivity contribution < 1.29 is 0 Å². The summed E-state index contributed by atoms with van der Waals surface area (Å²) in [7, 11) is 0. The van der Waals surface area contributed by atoms with Gasteiger partial charge in [0.05, 0.1) is 5.69 Å². The Morgan fingerprint density at radius 1 is 1.15 bits per heavy atom. The molecule has 3 heterocycles. The van der Waals surface area contributed by atoms with Crippen LogP contribution in [0.1, 0.15) is 23.2 Å². The summed E-state index contributed by atoms with van der Waals surface area (Å²) in [5.74, 6) is 0.726. The van der Waals surface area contributed by atoms with Gasteiger partial charge in [0, 0.05) is 30.9 Å². The number of fused-ring (bicyclic) bond motifs is 2. The fraction of sp³-hybridized carbons (Fsp3) is 0.333. The van der Waals surface area contributed by atoms with Crippen molar-refractivity contribution >= 4 is 23.2 Å². The van der Waals surface area contributed by atoms with E-state index >= 15 is 0 Å². The molecule has 0 spiro atoms. The van der Waals surface area contributed by atoms with E-state index in [1.54, 1.807) is 0 Å². The first-order valence-electron chi connectivity index (χ1n) is 6.94. The lowest BCUT2D eigenvalue weighted by Crippen LogP contribution is -2.26. The Morgan fingerprint density at radius 3 is 3.00 bits per heavy atom. The van der Waals surface area contributed by atoms with E-state index in [2.05, 4.69) is 39.5 Å². The Balaban J connectivity index is 1.81. The van der Waals surface area contributed by atoms with Crippen molar-refractivity contribution in [3.8, 4) is 0 Å². The van der Waals surface area contributed by atoms with Crippen LogP contribution in [0.15, 0.2) is 24.3 Å². The van der Waals surface area contributed by atoms with Gasteiger partial charge < -0.3 is 10.2 Å². The van der Waals surface area contributed by atoms with Gasteiger partial charge >= 0.3 is 0 Å². The molecule has 0 saturated heterocycles. The lowest BCUT2D eigenvalue weighted by Gasteiger charge is -2.29. The molecule has 4 nitrogen and oxygen atoms in total. The van der Waals surface area contributed by atoms with Crippen molar-refractivity contribution in [3.05, 3.63) is 46.2 Å². The topological polar surface area (TPSA) is 41.1 Å². The van der Waals surface area contributed by atoms with Crippen LogP contribution < -0.4 is 10.2 Å². The molecule has 0 aliphatic carbocycles. The summed E-state index contributed by atoms with van der Waals surface area (Å²) >= 11 is 6.30. The maximum Gasteiger partial charge on any atom is 0.231 e. The van der Waals surface area contributed by atoms with Crippen molar-refractivity contribution in [2.75, 3.05) is 11.4 Å². The van der Waals surface area contributed by atoms with Crippen LogP contribution in [-0.4, -0.2) is 16.5 Å². The van der Waals surface area contributed by atoms with Crippen LogP contribution >= 0.6 is 11.6 Å². The Kier molecular flexibility index (Phi) is 2.86. The largest absolute Gasteiger partial charge is 0.310 e. The van der Waals surface area contributed by atoms with Crippen LogP contribution in [0.5, 0.6) is 0 Å². The van der Waals surface area contributed by atoms with E-state index in [0.717, 1.165) is 49.7 Å². The lowest BCUT2D eigenvalue weighted by molar-refractivity contribution is 0.742. The molecule has 2 aliphatic rings. The highest BCUT2D eigenvalue weighted by molar-refractivity contribution is 6.30. The van der Waals surface area contributed by atoms with Crippen LogP contribution in [0.25, 0.3) is 0 Å². The molecule has 0 atom stereocenters. The summed E-state index contributed by atoms with van der Waals surface area (Å²) in [4.78, 5) is 11.4. The van der Waals surface area contributed by atoms with E-state index in [4.69, 9.17) is 16.6 Å². The van der Waals surface area contributed by atoms with E-state index in [1.165, 1.54) is 11.3 Å². The summed E-state index contributed by atoms with van der Waals surface area (Å²) in [6.45, 7) is 2.49. The smallest absolute Gasteiger partial charge is 0.231 e. The molecule has 0 fully saturated rings. The molecule has 102 valence electrons. The zero-order valence-corrected chi connectivity index (χ0v) is 11.8. The van der Waals surface area contributed by atoms with E-state index in [9.17, 15) is 0 Å². The monoisotopic (exact) mass is 286 g/mol. The Bertz CT molecular complexity index is 671. The van der Waals surface area contributed by atoms with Gasteiger partial charge in [0.15, 0.2) is 0 Å². The second-order valence-electron chi connectivity index (χ2n) is 5.23. The van der Waals surface area contributed by atoms with Crippen LogP contribution in [0.4, 0.5) is 11.6 Å². The van der Waals surface area contributed by atoms with Crippen molar-refractivity contribution in [1.29, 1.82) is 0 Å². The number of aromatic nitrogens is 2. The average molecular weight is 287 g/mol. The van der Waals surface area contributed by atoms with Gasteiger partial charge in [-0.05, 0) is 24.5 Å². The molecule has 5 heteroatoms. The molecule has 2 aromatic rings. The number of halogens is 1. The first kappa shape index (κ1) is 12.1. The summed E-state index contributed by atoms with van der Waals surface area (Å²) in [5.41, 5.74) is 4.64. The van der Waals surface area contributed by atoms with Gasteiger partial charge in [-0.3, -0.25) is 0 Å². The number of para-hydroxylation sites is 1. The molecule has 0 radical (unpaired) electrons.